The second-order valence-electron chi connectivity index (χ2n) is 5.45. The van der Waals surface area contributed by atoms with Gasteiger partial charge in [-0.25, -0.2) is 0 Å². The van der Waals surface area contributed by atoms with Crippen LogP contribution in [-0.2, 0) is 0 Å². The van der Waals surface area contributed by atoms with E-state index >= 15 is 0 Å². The lowest BCUT2D eigenvalue weighted by atomic mass is 9.72. The van der Waals surface area contributed by atoms with Gasteiger partial charge in [-0.05, 0) is 43.3 Å². The van der Waals surface area contributed by atoms with Crippen molar-refractivity contribution in [1.82, 2.24) is 5.32 Å². The lowest BCUT2D eigenvalue weighted by Gasteiger charge is -2.32. The molecular weight excluding hydrogens is 242 g/mol. The van der Waals surface area contributed by atoms with Crippen LogP contribution in [0.3, 0.4) is 0 Å². The van der Waals surface area contributed by atoms with Gasteiger partial charge in [-0.1, -0.05) is 37.7 Å². The number of hydrogen-bond donors (Lipinski definition) is 2. The maximum Gasteiger partial charge on any atom is 0.118 e. The zero-order valence-corrected chi connectivity index (χ0v) is 12.5. The van der Waals surface area contributed by atoms with Crippen LogP contribution in [0.1, 0.15) is 40.0 Å². The van der Waals surface area contributed by atoms with E-state index in [0.717, 1.165) is 6.42 Å². The van der Waals surface area contributed by atoms with Gasteiger partial charge in [0.2, 0.25) is 0 Å². The number of aliphatic hydroxyl groups excluding tert-OH is 1. The van der Waals surface area contributed by atoms with Crippen LogP contribution in [0.25, 0.3) is 0 Å². The molecule has 0 saturated carbocycles. The van der Waals surface area contributed by atoms with Gasteiger partial charge < -0.3 is 10.4 Å². The summed E-state index contributed by atoms with van der Waals surface area (Å²) in [7, 11) is 1.74. The van der Waals surface area contributed by atoms with Crippen molar-refractivity contribution >= 4 is 17.2 Å². The molecule has 1 aliphatic carbocycles. The highest BCUT2D eigenvalue weighted by atomic mass is 32.1. The molecule has 0 heterocycles. The molecule has 100 valence electrons. The number of nitrogens with one attached hydrogen (secondary N) is 1. The van der Waals surface area contributed by atoms with Crippen LogP contribution < -0.4 is 5.32 Å². The third-order valence-electron chi connectivity index (χ3n) is 3.49. The molecule has 3 heteroatoms. The summed E-state index contributed by atoms with van der Waals surface area (Å²) in [5.74, 6) is 0.191. The van der Waals surface area contributed by atoms with Crippen molar-refractivity contribution in [3.8, 4) is 0 Å². The highest BCUT2D eigenvalue weighted by Gasteiger charge is 2.26. The van der Waals surface area contributed by atoms with E-state index in [9.17, 15) is 5.11 Å². The molecule has 0 fully saturated rings. The highest BCUT2D eigenvalue weighted by Crippen LogP contribution is 2.40. The molecule has 0 unspecified atom stereocenters. The van der Waals surface area contributed by atoms with Crippen LogP contribution >= 0.6 is 12.2 Å². The number of thiocarbonyl (C=S) groups is 1. The normalized spacial score (nSPS) is 20.3. The third-order valence-corrected chi connectivity index (χ3v) is 3.81. The third kappa shape index (κ3) is 3.98. The maximum atomic E-state index is 9.76. The van der Waals surface area contributed by atoms with Gasteiger partial charge in [-0.2, -0.15) is 0 Å². The van der Waals surface area contributed by atoms with Crippen LogP contribution in [0, 0.1) is 5.41 Å². The molecule has 0 spiro atoms. The van der Waals surface area contributed by atoms with Crippen molar-refractivity contribution in [3.05, 3.63) is 35.1 Å². The quantitative estimate of drug-likeness (QED) is 0.349. The van der Waals surface area contributed by atoms with E-state index in [-0.39, 0.29) is 11.2 Å². The Balaban J connectivity index is 2.89. The Hall–Kier alpha value is -1.09. The topological polar surface area (TPSA) is 32.3 Å². The lowest BCUT2D eigenvalue weighted by Crippen LogP contribution is -2.19. The highest BCUT2D eigenvalue weighted by molar-refractivity contribution is 7.80. The summed E-state index contributed by atoms with van der Waals surface area (Å²) in [5.41, 5.74) is 2.96. The van der Waals surface area contributed by atoms with E-state index in [2.05, 4.69) is 26.1 Å². The van der Waals surface area contributed by atoms with Crippen LogP contribution in [-0.4, -0.2) is 17.1 Å². The van der Waals surface area contributed by atoms with Crippen LogP contribution in [0.5, 0.6) is 0 Å². The Morgan fingerprint density at radius 3 is 2.67 bits per heavy atom. The summed E-state index contributed by atoms with van der Waals surface area (Å²) < 4.78 is 0. The molecule has 0 aliphatic heterocycles. The van der Waals surface area contributed by atoms with E-state index < -0.39 is 0 Å². The van der Waals surface area contributed by atoms with Crippen LogP contribution in [0.2, 0.25) is 0 Å². The lowest BCUT2D eigenvalue weighted by molar-refractivity contribution is 0.376. The number of allylic oxidation sites excluding steroid dienone is 4. The first kappa shape index (κ1) is 15.0. The van der Waals surface area contributed by atoms with E-state index in [1.807, 2.05) is 6.08 Å². The number of likely N-dealkylation sites (N-methyl/N-ethyl adjacent to an activating group) is 1. The molecular formula is C15H23NOS. The summed E-state index contributed by atoms with van der Waals surface area (Å²) >= 11 is 4.98. The zero-order valence-electron chi connectivity index (χ0n) is 11.7. The molecule has 1 rings (SSSR count). The van der Waals surface area contributed by atoms with E-state index in [4.69, 9.17) is 12.2 Å². The van der Waals surface area contributed by atoms with Gasteiger partial charge in [0.25, 0.3) is 0 Å². The number of hydrogen-bond acceptors (Lipinski definition) is 2. The minimum absolute atomic E-state index is 0.191. The standard InChI is InChI=1S/C15H23NOS/c1-11-6-5-9-15(2,3)13(11)8-7-12(17)10-14(18)16-4/h7-8,10,17H,5-6,9H2,1-4H3,(H,16,18)/b8-7+,12-10-. The molecule has 0 aromatic carbocycles. The molecule has 2 nitrogen and oxygen atoms in total. The summed E-state index contributed by atoms with van der Waals surface area (Å²) in [5, 5.41) is 12.6. The number of aliphatic hydroxyl groups is 1. The fourth-order valence-electron chi connectivity index (χ4n) is 2.43. The Bertz CT molecular complexity index is 416. The fourth-order valence-corrected chi connectivity index (χ4v) is 2.55. The van der Waals surface area contributed by atoms with Gasteiger partial charge in [0, 0.05) is 13.1 Å². The molecule has 0 aromatic heterocycles. The largest absolute Gasteiger partial charge is 0.508 e. The molecule has 0 radical (unpaired) electrons. The molecule has 2 N–H and O–H groups in total. The predicted octanol–water partition coefficient (Wildman–Crippen LogP) is 4.06. The van der Waals surface area contributed by atoms with Crippen molar-refractivity contribution in [3.63, 3.8) is 0 Å². The fraction of sp³-hybridized carbons (Fsp3) is 0.533. The van der Waals surface area contributed by atoms with E-state index in [1.54, 1.807) is 19.2 Å². The van der Waals surface area contributed by atoms with Crippen molar-refractivity contribution in [2.75, 3.05) is 7.05 Å². The van der Waals surface area contributed by atoms with Gasteiger partial charge >= 0.3 is 0 Å². The predicted molar refractivity (Wildman–Crippen MR) is 81.8 cm³/mol. The molecule has 0 saturated heterocycles. The first-order valence-corrected chi connectivity index (χ1v) is 6.78. The van der Waals surface area contributed by atoms with Gasteiger partial charge in [0.1, 0.15) is 10.7 Å². The zero-order chi connectivity index (χ0) is 13.8. The molecule has 0 amide bonds. The second-order valence-corrected chi connectivity index (χ2v) is 5.89. The Morgan fingerprint density at radius 2 is 2.11 bits per heavy atom. The first-order chi connectivity index (χ1) is 8.36. The van der Waals surface area contributed by atoms with Gasteiger partial charge in [0.05, 0.1) is 0 Å². The molecule has 18 heavy (non-hydrogen) atoms. The van der Waals surface area contributed by atoms with Gasteiger partial charge in [-0.15, -0.1) is 0 Å². The second kappa shape index (κ2) is 6.19. The van der Waals surface area contributed by atoms with Crippen molar-refractivity contribution in [1.29, 1.82) is 0 Å². The Morgan fingerprint density at radius 1 is 1.44 bits per heavy atom. The Kier molecular flexibility index (Phi) is 5.15. The van der Waals surface area contributed by atoms with Crippen molar-refractivity contribution in [2.45, 2.75) is 40.0 Å². The molecule has 0 atom stereocenters. The average molecular weight is 265 g/mol. The van der Waals surface area contributed by atoms with Crippen LogP contribution in [0.15, 0.2) is 35.1 Å². The summed E-state index contributed by atoms with van der Waals surface area (Å²) in [6.07, 6.45) is 8.92. The van der Waals surface area contributed by atoms with Crippen LogP contribution in [0.4, 0.5) is 0 Å². The maximum absolute atomic E-state index is 9.76. The number of rotatable bonds is 3. The minimum atomic E-state index is 0.191. The molecule has 0 aromatic rings. The summed E-state index contributed by atoms with van der Waals surface area (Å²) in [6, 6.07) is 0. The van der Waals surface area contributed by atoms with E-state index in [0.29, 0.717) is 4.99 Å². The minimum Gasteiger partial charge on any atom is -0.508 e. The molecule has 1 aliphatic rings. The summed E-state index contributed by atoms with van der Waals surface area (Å²) in [4.78, 5) is 0.533. The van der Waals surface area contributed by atoms with Gasteiger partial charge in [0.15, 0.2) is 0 Å². The van der Waals surface area contributed by atoms with Crippen molar-refractivity contribution < 1.29 is 5.11 Å². The average Bonchev–Trinajstić information content (AvgIpc) is 2.27. The summed E-state index contributed by atoms with van der Waals surface area (Å²) in [6.45, 7) is 6.70. The Labute approximate surface area is 115 Å². The van der Waals surface area contributed by atoms with Gasteiger partial charge in [-0.3, -0.25) is 0 Å². The first-order valence-electron chi connectivity index (χ1n) is 6.37. The monoisotopic (exact) mass is 265 g/mol. The SMILES string of the molecule is CNC(=S)/C=C(O)/C=C/C1=C(C)CCCC1(C)C. The van der Waals surface area contributed by atoms with Crippen molar-refractivity contribution in [2.24, 2.45) is 5.41 Å². The van der Waals surface area contributed by atoms with E-state index in [1.165, 1.54) is 24.0 Å². The molecule has 0 bridgehead atoms. The smallest absolute Gasteiger partial charge is 0.118 e.